The molecule has 2 aromatic carbocycles. The zero-order chi connectivity index (χ0) is 25.7. The Balaban J connectivity index is 1.39. The number of piperidine rings is 1. The molecule has 1 aromatic heterocycles. The number of urea groups is 1. The molecule has 0 spiro atoms. The number of amides is 3. The second kappa shape index (κ2) is 11.3. The highest BCUT2D eigenvalue weighted by atomic mass is 19.1. The van der Waals surface area contributed by atoms with Gasteiger partial charge in [0, 0.05) is 18.8 Å². The number of rotatable bonds is 7. The molecule has 0 radical (unpaired) electrons. The Morgan fingerprint density at radius 3 is 2.47 bits per heavy atom. The van der Waals surface area contributed by atoms with Crippen molar-refractivity contribution in [1.29, 1.82) is 0 Å². The minimum absolute atomic E-state index is 0.165. The second-order valence-corrected chi connectivity index (χ2v) is 9.17. The van der Waals surface area contributed by atoms with Gasteiger partial charge in [0.05, 0.1) is 12.2 Å². The van der Waals surface area contributed by atoms with E-state index in [0.717, 1.165) is 18.4 Å². The van der Waals surface area contributed by atoms with Gasteiger partial charge in [-0.25, -0.2) is 14.0 Å². The zero-order valence-electron chi connectivity index (χ0n) is 20.9. The average molecular weight is 495 g/mol. The fourth-order valence-electron chi connectivity index (χ4n) is 4.91. The third-order valence-corrected chi connectivity index (χ3v) is 6.70. The number of aryl methyl sites for hydroxylation is 2. The number of primary amides is 1. The van der Waals surface area contributed by atoms with E-state index in [1.807, 2.05) is 42.2 Å². The van der Waals surface area contributed by atoms with Crippen LogP contribution in [0.2, 0.25) is 0 Å². The summed E-state index contributed by atoms with van der Waals surface area (Å²) in [5.74, 6) is 0.297. The molecule has 8 nitrogen and oxygen atoms in total. The van der Waals surface area contributed by atoms with Crippen molar-refractivity contribution >= 4 is 29.0 Å². The Hall–Kier alpha value is -3.72. The summed E-state index contributed by atoms with van der Waals surface area (Å²) in [6.07, 6.45) is 1.59. The molecule has 4 rings (SSSR count). The maximum atomic E-state index is 15.0. The van der Waals surface area contributed by atoms with Crippen LogP contribution in [0.1, 0.15) is 42.7 Å². The Morgan fingerprint density at radius 1 is 1.14 bits per heavy atom. The Bertz CT molecular complexity index is 1190. The van der Waals surface area contributed by atoms with Crippen LogP contribution in [-0.2, 0) is 4.79 Å². The standard InChI is InChI=1S/C27H32FN5O3/c1-4-29-26(34)24(19-8-6-5-7-9-19)20-12-14-33(15-13-20)23-11-10-21(16-22(23)28)30-27(35)31-25-17(2)32-36-18(25)3/h5-11,16,20,24H,4,12-15H2,1-3H3,(H,29,34)(H2,30,31,35)/p+1. The number of carbonyl (C=O) groups is 2. The zero-order valence-corrected chi connectivity index (χ0v) is 20.9. The van der Waals surface area contributed by atoms with E-state index in [-0.39, 0.29) is 17.7 Å². The van der Waals surface area contributed by atoms with Gasteiger partial charge in [-0.05, 0) is 63.3 Å². The van der Waals surface area contributed by atoms with Crippen molar-refractivity contribution in [2.75, 3.05) is 35.2 Å². The summed E-state index contributed by atoms with van der Waals surface area (Å²) >= 11 is 0. The molecule has 9 heteroatoms. The van der Waals surface area contributed by atoms with E-state index in [2.05, 4.69) is 15.8 Å². The summed E-state index contributed by atoms with van der Waals surface area (Å²) < 4.78 is 20.1. The summed E-state index contributed by atoms with van der Waals surface area (Å²) in [4.78, 5) is 27.3. The van der Waals surface area contributed by atoms with Gasteiger partial charge < -0.3 is 20.1 Å². The molecule has 0 aliphatic carbocycles. The van der Waals surface area contributed by atoms with Crippen molar-refractivity contribution in [3.05, 3.63) is 71.4 Å². The average Bonchev–Trinajstić information content (AvgIpc) is 3.18. The number of hydrogen-bond donors (Lipinski definition) is 3. The normalized spacial score (nSPS) is 14.9. The molecule has 190 valence electrons. The Morgan fingerprint density at radius 2 is 1.86 bits per heavy atom. The largest absolute Gasteiger partial charge is 0.369 e. The van der Waals surface area contributed by atoms with E-state index < -0.39 is 11.8 Å². The first-order valence-electron chi connectivity index (χ1n) is 12.3. The molecule has 2 heterocycles. The summed E-state index contributed by atoms with van der Waals surface area (Å²) in [5, 5.41) is 10.9. The van der Waals surface area contributed by atoms with E-state index in [0.29, 0.717) is 48.2 Å². The molecular weight excluding hydrogens is 461 g/mol. The smallest absolute Gasteiger partial charge is 0.323 e. The lowest BCUT2D eigenvalue weighted by atomic mass is 9.79. The van der Waals surface area contributed by atoms with Gasteiger partial charge in [0.15, 0.2) is 5.76 Å². The molecule has 1 aliphatic rings. The molecule has 1 fully saturated rings. The molecule has 0 bridgehead atoms. The molecule has 1 atom stereocenters. The van der Waals surface area contributed by atoms with Crippen molar-refractivity contribution in [3.63, 3.8) is 0 Å². The number of hydrogen-bond acceptors (Lipinski definition) is 5. The van der Waals surface area contributed by atoms with Crippen LogP contribution < -0.4 is 20.9 Å². The number of anilines is 3. The lowest BCUT2D eigenvalue weighted by Crippen LogP contribution is -2.89. The number of nitrogens with two attached hydrogens (primary N) is 1. The summed E-state index contributed by atoms with van der Waals surface area (Å²) in [6, 6.07) is 14.1. The van der Waals surface area contributed by atoms with Gasteiger partial charge in [-0.15, -0.1) is 0 Å². The van der Waals surface area contributed by atoms with Gasteiger partial charge in [-0.2, -0.15) is 0 Å². The number of aromatic nitrogens is 1. The van der Waals surface area contributed by atoms with Crippen molar-refractivity contribution in [2.45, 2.75) is 39.5 Å². The molecule has 3 aromatic rings. The molecule has 4 N–H and O–H groups in total. The third-order valence-electron chi connectivity index (χ3n) is 6.70. The summed E-state index contributed by atoms with van der Waals surface area (Å²) in [5.41, 5.74) is 2.95. The molecule has 1 unspecified atom stereocenters. The molecule has 0 saturated carbocycles. The van der Waals surface area contributed by atoms with Crippen LogP contribution in [-0.4, -0.2) is 36.7 Å². The number of halogens is 1. The van der Waals surface area contributed by atoms with Gasteiger partial charge >= 0.3 is 11.9 Å². The molecule has 3 amide bonds. The van der Waals surface area contributed by atoms with E-state index in [1.54, 1.807) is 31.3 Å². The van der Waals surface area contributed by atoms with Gasteiger partial charge in [-0.1, -0.05) is 35.5 Å². The van der Waals surface area contributed by atoms with Crippen LogP contribution in [0.25, 0.3) is 0 Å². The highest BCUT2D eigenvalue weighted by molar-refractivity contribution is 6.00. The van der Waals surface area contributed by atoms with Crippen LogP contribution >= 0.6 is 0 Å². The highest BCUT2D eigenvalue weighted by Crippen LogP contribution is 2.35. The van der Waals surface area contributed by atoms with Crippen molar-refractivity contribution in [2.24, 2.45) is 5.92 Å². The van der Waals surface area contributed by atoms with Crippen molar-refractivity contribution in [3.8, 4) is 0 Å². The monoisotopic (exact) mass is 494 g/mol. The van der Waals surface area contributed by atoms with E-state index in [4.69, 9.17) is 4.52 Å². The van der Waals surface area contributed by atoms with Crippen LogP contribution in [0, 0.1) is 25.6 Å². The maximum absolute atomic E-state index is 15.0. The SMILES string of the molecule is CC[NH2+]C(=O)C(c1ccccc1)C1CCN(c2ccc(NC(=O)Nc3c(C)noc3C)cc2F)CC1. The predicted molar refractivity (Wildman–Crippen MR) is 137 cm³/mol. The quantitative estimate of drug-likeness (QED) is 0.457. The first-order valence-corrected chi connectivity index (χ1v) is 12.3. The molecule has 36 heavy (non-hydrogen) atoms. The number of likely N-dealkylation sites (N-methyl/N-ethyl adjacent to an activating group) is 1. The first kappa shape index (κ1) is 25.4. The number of carbonyl (C=O) groups excluding carboxylic acids is 2. The number of quaternary nitrogens is 1. The fourth-order valence-corrected chi connectivity index (χ4v) is 4.91. The van der Waals surface area contributed by atoms with Gasteiger partial charge in [-0.3, -0.25) is 5.32 Å². The van der Waals surface area contributed by atoms with Gasteiger partial charge in [0.1, 0.15) is 23.1 Å². The molecule has 1 aliphatic heterocycles. The fraction of sp³-hybridized carbons (Fsp3) is 0.370. The minimum atomic E-state index is -0.502. The predicted octanol–water partition coefficient (Wildman–Crippen LogP) is 4.18. The van der Waals surface area contributed by atoms with E-state index in [9.17, 15) is 9.59 Å². The summed E-state index contributed by atoms with van der Waals surface area (Å²) in [6.45, 7) is 7.43. The number of benzene rings is 2. The lowest BCUT2D eigenvalue weighted by molar-refractivity contribution is -0.567. The lowest BCUT2D eigenvalue weighted by Gasteiger charge is -2.36. The highest BCUT2D eigenvalue weighted by Gasteiger charge is 2.35. The number of nitrogens with one attached hydrogen (secondary N) is 2. The maximum Gasteiger partial charge on any atom is 0.323 e. The van der Waals surface area contributed by atoms with E-state index >= 15 is 4.39 Å². The molecular formula is C27H33FN5O3+. The first-order chi connectivity index (χ1) is 17.4. The Labute approximate surface area is 210 Å². The Kier molecular flexibility index (Phi) is 8.00. The molecule has 1 saturated heterocycles. The van der Waals surface area contributed by atoms with E-state index in [1.165, 1.54) is 6.07 Å². The van der Waals surface area contributed by atoms with Crippen LogP contribution in [0.15, 0.2) is 53.1 Å². The second-order valence-electron chi connectivity index (χ2n) is 9.17. The van der Waals surface area contributed by atoms with Crippen LogP contribution in [0.5, 0.6) is 0 Å². The third kappa shape index (κ3) is 5.73. The van der Waals surface area contributed by atoms with Crippen molar-refractivity contribution < 1.29 is 23.8 Å². The minimum Gasteiger partial charge on any atom is -0.369 e. The van der Waals surface area contributed by atoms with Crippen LogP contribution in [0.4, 0.5) is 26.2 Å². The topological polar surface area (TPSA) is 104 Å². The van der Waals surface area contributed by atoms with Crippen molar-refractivity contribution in [1.82, 2.24) is 5.16 Å². The van der Waals surface area contributed by atoms with Gasteiger partial charge in [0.25, 0.3) is 0 Å². The summed E-state index contributed by atoms with van der Waals surface area (Å²) in [7, 11) is 0. The number of nitrogens with zero attached hydrogens (tertiary/aromatic N) is 2. The van der Waals surface area contributed by atoms with Gasteiger partial charge in [0.2, 0.25) is 0 Å². The van der Waals surface area contributed by atoms with Crippen LogP contribution in [0.3, 0.4) is 0 Å².